The molecule has 0 bridgehead atoms. The molecule has 0 atom stereocenters. The van der Waals surface area contributed by atoms with Gasteiger partial charge in [-0.25, -0.2) is 14.6 Å². The molecule has 116 valence electrons. The summed E-state index contributed by atoms with van der Waals surface area (Å²) in [6.07, 6.45) is 3.72. The van der Waals surface area contributed by atoms with E-state index >= 15 is 0 Å². The summed E-state index contributed by atoms with van der Waals surface area (Å²) in [6.45, 7) is 0.942. The van der Waals surface area contributed by atoms with Crippen molar-refractivity contribution in [1.82, 2.24) is 20.2 Å². The molecule has 8 nitrogen and oxygen atoms in total. The molecule has 2 amide bonds. The molecular weight excluding hydrogens is 276 g/mol. The number of amides is 2. The Bertz CT molecular complexity index is 524. The third-order valence-corrected chi connectivity index (χ3v) is 3.79. The standard InChI is InChI=1S/C13H20N4O4/c1-17(6-7-21-2)12(20)16-13(4-3-5-13)11-14-8-9(15-11)10(18)19/h8H,3-7H2,1-2H3,(H,14,15)(H,16,20)(H,18,19). The fourth-order valence-electron chi connectivity index (χ4n) is 2.25. The number of likely N-dealkylation sites (N-methyl/N-ethyl adjacent to an activating group) is 1. The van der Waals surface area contributed by atoms with Crippen LogP contribution in [-0.4, -0.2) is 59.3 Å². The summed E-state index contributed by atoms with van der Waals surface area (Å²) in [6, 6.07) is -0.222. The van der Waals surface area contributed by atoms with Crippen molar-refractivity contribution < 1.29 is 19.4 Å². The zero-order chi connectivity index (χ0) is 15.5. The van der Waals surface area contributed by atoms with Crippen molar-refractivity contribution >= 4 is 12.0 Å². The second-order valence-electron chi connectivity index (χ2n) is 5.23. The Morgan fingerprint density at radius 3 is 2.76 bits per heavy atom. The Kier molecular flexibility index (Phi) is 4.46. The van der Waals surface area contributed by atoms with Crippen molar-refractivity contribution in [3.05, 3.63) is 17.7 Å². The first kappa shape index (κ1) is 15.3. The number of urea groups is 1. The average molecular weight is 296 g/mol. The molecule has 1 aliphatic rings. The summed E-state index contributed by atoms with van der Waals surface area (Å²) in [4.78, 5) is 31.5. The summed E-state index contributed by atoms with van der Waals surface area (Å²) in [5, 5.41) is 11.9. The summed E-state index contributed by atoms with van der Waals surface area (Å²) >= 11 is 0. The summed E-state index contributed by atoms with van der Waals surface area (Å²) in [5.41, 5.74) is -0.565. The number of carboxylic acid groups (broad SMARTS) is 1. The predicted molar refractivity (Wildman–Crippen MR) is 74.1 cm³/mol. The number of imidazole rings is 1. The van der Waals surface area contributed by atoms with Gasteiger partial charge in [0.1, 0.15) is 11.5 Å². The van der Waals surface area contributed by atoms with Gasteiger partial charge in [-0.05, 0) is 19.3 Å². The van der Waals surface area contributed by atoms with E-state index in [1.807, 2.05) is 0 Å². The molecule has 0 spiro atoms. The molecule has 3 N–H and O–H groups in total. The number of aromatic amines is 1. The lowest BCUT2D eigenvalue weighted by molar-refractivity contribution is 0.0690. The first-order valence-corrected chi connectivity index (χ1v) is 6.79. The number of ether oxygens (including phenoxy) is 1. The zero-order valence-electron chi connectivity index (χ0n) is 12.2. The average Bonchev–Trinajstić information content (AvgIpc) is 2.89. The van der Waals surface area contributed by atoms with Crippen LogP contribution in [-0.2, 0) is 10.3 Å². The highest BCUT2D eigenvalue weighted by atomic mass is 16.5. The summed E-state index contributed by atoms with van der Waals surface area (Å²) < 4.78 is 4.94. The van der Waals surface area contributed by atoms with Crippen LogP contribution in [0, 0.1) is 0 Å². The number of carbonyl (C=O) groups excluding carboxylic acids is 1. The van der Waals surface area contributed by atoms with E-state index in [0.717, 1.165) is 19.3 Å². The number of H-pyrrole nitrogens is 1. The second-order valence-corrected chi connectivity index (χ2v) is 5.23. The van der Waals surface area contributed by atoms with Crippen molar-refractivity contribution in [2.45, 2.75) is 24.8 Å². The highest BCUT2D eigenvalue weighted by Gasteiger charge is 2.43. The Labute approximate surface area is 122 Å². The van der Waals surface area contributed by atoms with Crippen LogP contribution in [0.1, 0.15) is 35.6 Å². The quantitative estimate of drug-likeness (QED) is 0.719. The molecule has 1 aromatic heterocycles. The molecule has 21 heavy (non-hydrogen) atoms. The Balaban J connectivity index is 2.07. The molecule has 2 rings (SSSR count). The van der Waals surface area contributed by atoms with Gasteiger partial charge in [-0.15, -0.1) is 0 Å². The third-order valence-electron chi connectivity index (χ3n) is 3.79. The topological polar surface area (TPSA) is 108 Å². The zero-order valence-corrected chi connectivity index (χ0v) is 12.2. The Hall–Kier alpha value is -2.09. The molecule has 0 aliphatic heterocycles. The lowest BCUT2D eigenvalue weighted by Crippen LogP contribution is -2.55. The number of aromatic carboxylic acids is 1. The summed E-state index contributed by atoms with van der Waals surface area (Å²) in [7, 11) is 3.26. The van der Waals surface area contributed by atoms with E-state index in [9.17, 15) is 9.59 Å². The van der Waals surface area contributed by atoms with Gasteiger partial charge in [0.15, 0.2) is 0 Å². The number of nitrogens with zero attached hydrogens (tertiary/aromatic N) is 2. The Morgan fingerprint density at radius 1 is 1.57 bits per heavy atom. The first-order chi connectivity index (χ1) is 9.98. The number of carbonyl (C=O) groups is 2. The van der Waals surface area contributed by atoms with Crippen LogP contribution in [0.4, 0.5) is 4.79 Å². The van der Waals surface area contributed by atoms with E-state index in [4.69, 9.17) is 9.84 Å². The van der Waals surface area contributed by atoms with Crippen LogP contribution in [0.15, 0.2) is 6.20 Å². The van der Waals surface area contributed by atoms with Gasteiger partial charge in [0.2, 0.25) is 0 Å². The normalized spacial score (nSPS) is 16.1. The van der Waals surface area contributed by atoms with E-state index < -0.39 is 11.5 Å². The van der Waals surface area contributed by atoms with E-state index in [-0.39, 0.29) is 11.7 Å². The monoisotopic (exact) mass is 296 g/mol. The maximum atomic E-state index is 12.2. The van der Waals surface area contributed by atoms with Crippen LogP contribution in [0.2, 0.25) is 0 Å². The first-order valence-electron chi connectivity index (χ1n) is 6.79. The maximum Gasteiger partial charge on any atom is 0.353 e. The maximum absolute atomic E-state index is 12.2. The number of nitrogens with one attached hydrogen (secondary N) is 2. The number of methoxy groups -OCH3 is 1. The van der Waals surface area contributed by atoms with Gasteiger partial charge < -0.3 is 25.0 Å². The highest BCUT2D eigenvalue weighted by molar-refractivity contribution is 5.85. The SMILES string of the molecule is COCCN(C)C(=O)NC1(c2ncc(C(=O)O)[nH]2)CCC1. The molecule has 0 aromatic carbocycles. The van der Waals surface area contributed by atoms with Crippen LogP contribution >= 0.6 is 0 Å². The summed E-state index contributed by atoms with van der Waals surface area (Å²) in [5.74, 6) is -0.564. The second kappa shape index (κ2) is 6.13. The van der Waals surface area contributed by atoms with Gasteiger partial charge in [0.05, 0.1) is 18.3 Å². The Morgan fingerprint density at radius 2 is 2.29 bits per heavy atom. The van der Waals surface area contributed by atoms with Crippen molar-refractivity contribution in [2.75, 3.05) is 27.3 Å². The van der Waals surface area contributed by atoms with Crippen molar-refractivity contribution in [3.63, 3.8) is 0 Å². The largest absolute Gasteiger partial charge is 0.477 e. The van der Waals surface area contributed by atoms with Gasteiger partial charge in [0.25, 0.3) is 0 Å². The van der Waals surface area contributed by atoms with Crippen molar-refractivity contribution in [2.24, 2.45) is 0 Å². The van der Waals surface area contributed by atoms with Crippen molar-refractivity contribution in [1.29, 1.82) is 0 Å². The van der Waals surface area contributed by atoms with Gasteiger partial charge >= 0.3 is 12.0 Å². The molecule has 1 aromatic rings. The fourth-order valence-corrected chi connectivity index (χ4v) is 2.25. The molecular formula is C13H20N4O4. The lowest BCUT2D eigenvalue weighted by atomic mass is 9.76. The molecule has 0 radical (unpaired) electrons. The third kappa shape index (κ3) is 3.15. The van der Waals surface area contributed by atoms with Crippen LogP contribution in [0.3, 0.4) is 0 Å². The molecule has 1 heterocycles. The molecule has 1 saturated carbocycles. The molecule has 1 fully saturated rings. The number of rotatable bonds is 6. The van der Waals surface area contributed by atoms with E-state index in [0.29, 0.717) is 19.0 Å². The lowest BCUT2D eigenvalue weighted by Gasteiger charge is -2.41. The van der Waals surface area contributed by atoms with Crippen LogP contribution < -0.4 is 5.32 Å². The van der Waals surface area contributed by atoms with Gasteiger partial charge in [0, 0.05) is 20.7 Å². The predicted octanol–water partition coefficient (Wildman–Crippen LogP) is 0.775. The van der Waals surface area contributed by atoms with Crippen molar-refractivity contribution in [3.8, 4) is 0 Å². The minimum absolute atomic E-state index is 0.0262. The smallest absolute Gasteiger partial charge is 0.353 e. The molecule has 0 unspecified atom stereocenters. The van der Waals surface area contributed by atoms with E-state index in [2.05, 4.69) is 15.3 Å². The van der Waals surface area contributed by atoms with Gasteiger partial charge in [-0.3, -0.25) is 0 Å². The molecule has 8 heteroatoms. The number of hydrogen-bond donors (Lipinski definition) is 3. The van der Waals surface area contributed by atoms with E-state index in [1.54, 1.807) is 14.2 Å². The number of carboxylic acids is 1. The van der Waals surface area contributed by atoms with Crippen LogP contribution in [0.5, 0.6) is 0 Å². The molecule has 1 aliphatic carbocycles. The number of aromatic nitrogens is 2. The van der Waals surface area contributed by atoms with E-state index in [1.165, 1.54) is 11.1 Å². The minimum atomic E-state index is -1.06. The fraction of sp³-hybridized carbons (Fsp3) is 0.615. The van der Waals surface area contributed by atoms with Gasteiger partial charge in [-0.2, -0.15) is 0 Å². The number of hydrogen-bond acceptors (Lipinski definition) is 4. The van der Waals surface area contributed by atoms with Crippen LogP contribution in [0.25, 0.3) is 0 Å². The minimum Gasteiger partial charge on any atom is -0.477 e. The van der Waals surface area contributed by atoms with Gasteiger partial charge in [-0.1, -0.05) is 0 Å². The molecule has 0 saturated heterocycles. The highest BCUT2D eigenvalue weighted by Crippen LogP contribution is 2.39.